The number of nitrogen functional groups attached to an aromatic ring is 1. The molecular formula is C14H11BrClN3O. The van der Waals surface area contributed by atoms with Gasteiger partial charge in [0.15, 0.2) is 0 Å². The number of halogens is 2. The monoisotopic (exact) mass is 351 g/mol. The maximum absolute atomic E-state index is 11.4. The van der Waals surface area contributed by atoms with Crippen LogP contribution in [0.15, 0.2) is 34.8 Å². The van der Waals surface area contributed by atoms with Crippen LogP contribution in [-0.4, -0.2) is 5.91 Å². The lowest BCUT2D eigenvalue weighted by molar-refractivity contribution is -0.115. The molecule has 1 aliphatic rings. The van der Waals surface area contributed by atoms with Gasteiger partial charge in [0.2, 0.25) is 5.91 Å². The van der Waals surface area contributed by atoms with Gasteiger partial charge in [-0.3, -0.25) is 4.79 Å². The highest BCUT2D eigenvalue weighted by Crippen LogP contribution is 2.35. The molecule has 20 heavy (non-hydrogen) atoms. The molecule has 0 aliphatic carbocycles. The van der Waals surface area contributed by atoms with E-state index in [2.05, 4.69) is 26.6 Å². The maximum atomic E-state index is 11.4. The van der Waals surface area contributed by atoms with Crippen LogP contribution >= 0.6 is 27.5 Å². The first-order valence-electron chi connectivity index (χ1n) is 5.97. The highest BCUT2D eigenvalue weighted by atomic mass is 79.9. The molecule has 4 N–H and O–H groups in total. The van der Waals surface area contributed by atoms with Gasteiger partial charge in [0.1, 0.15) is 0 Å². The fourth-order valence-electron chi connectivity index (χ4n) is 2.14. The topological polar surface area (TPSA) is 67.2 Å². The van der Waals surface area contributed by atoms with Crippen LogP contribution in [0.5, 0.6) is 0 Å². The third kappa shape index (κ3) is 2.46. The zero-order valence-corrected chi connectivity index (χ0v) is 12.7. The number of nitrogens with two attached hydrogens (primary N) is 1. The molecule has 0 saturated carbocycles. The van der Waals surface area contributed by atoms with Crippen LogP contribution in [-0.2, 0) is 11.2 Å². The second kappa shape index (κ2) is 5.00. The highest BCUT2D eigenvalue weighted by Gasteiger charge is 2.19. The van der Waals surface area contributed by atoms with Gasteiger partial charge in [-0.15, -0.1) is 0 Å². The normalized spacial score (nSPS) is 13.0. The first-order valence-corrected chi connectivity index (χ1v) is 7.14. The summed E-state index contributed by atoms with van der Waals surface area (Å²) >= 11 is 9.44. The highest BCUT2D eigenvalue weighted by molar-refractivity contribution is 9.10. The number of fused-ring (bicyclic) bond motifs is 1. The summed E-state index contributed by atoms with van der Waals surface area (Å²) in [7, 11) is 0. The molecule has 6 heteroatoms. The van der Waals surface area contributed by atoms with E-state index in [4.69, 9.17) is 17.3 Å². The molecule has 0 atom stereocenters. The molecule has 2 aromatic carbocycles. The summed E-state index contributed by atoms with van der Waals surface area (Å²) in [4.78, 5) is 11.4. The Morgan fingerprint density at radius 2 is 2.05 bits per heavy atom. The average Bonchev–Trinajstić information content (AvgIpc) is 2.73. The van der Waals surface area contributed by atoms with Crippen molar-refractivity contribution in [2.24, 2.45) is 0 Å². The first-order chi connectivity index (χ1) is 9.52. The average molecular weight is 353 g/mol. The molecule has 0 unspecified atom stereocenters. The van der Waals surface area contributed by atoms with Crippen LogP contribution in [0.2, 0.25) is 5.02 Å². The van der Waals surface area contributed by atoms with Crippen molar-refractivity contribution in [2.45, 2.75) is 6.42 Å². The molecule has 3 rings (SSSR count). The lowest BCUT2D eigenvalue weighted by Gasteiger charge is -2.13. The van der Waals surface area contributed by atoms with E-state index in [1.807, 2.05) is 18.2 Å². The number of amides is 1. The molecule has 0 aromatic heterocycles. The SMILES string of the molecule is Nc1cc2c(cc1Nc1cc(Cl)ccc1Br)NC(=O)C2. The third-order valence-corrected chi connectivity index (χ3v) is 4.02. The van der Waals surface area contributed by atoms with Crippen molar-refractivity contribution in [3.63, 3.8) is 0 Å². The lowest BCUT2D eigenvalue weighted by Crippen LogP contribution is -2.03. The Labute approximate surface area is 129 Å². The van der Waals surface area contributed by atoms with Gasteiger partial charge in [0.05, 0.1) is 23.5 Å². The number of carbonyl (C=O) groups is 1. The minimum Gasteiger partial charge on any atom is -0.397 e. The fraction of sp³-hybridized carbons (Fsp3) is 0.0714. The molecule has 1 amide bonds. The van der Waals surface area contributed by atoms with E-state index < -0.39 is 0 Å². The van der Waals surface area contributed by atoms with E-state index in [1.54, 1.807) is 12.1 Å². The zero-order chi connectivity index (χ0) is 14.3. The Hall–Kier alpha value is -1.72. The van der Waals surface area contributed by atoms with E-state index in [0.717, 1.165) is 27.1 Å². The van der Waals surface area contributed by atoms with E-state index >= 15 is 0 Å². The molecule has 0 spiro atoms. The quantitative estimate of drug-likeness (QED) is 0.718. The van der Waals surface area contributed by atoms with E-state index in [1.165, 1.54) is 0 Å². The predicted molar refractivity (Wildman–Crippen MR) is 85.6 cm³/mol. The fourth-order valence-corrected chi connectivity index (χ4v) is 2.66. The maximum Gasteiger partial charge on any atom is 0.228 e. The van der Waals surface area contributed by atoms with Crippen molar-refractivity contribution in [3.05, 3.63) is 45.4 Å². The Balaban J connectivity index is 1.97. The van der Waals surface area contributed by atoms with Crippen LogP contribution in [0.3, 0.4) is 0 Å². The summed E-state index contributed by atoms with van der Waals surface area (Å²) in [5.41, 5.74) is 9.87. The number of nitrogens with one attached hydrogen (secondary N) is 2. The Morgan fingerprint density at radius 1 is 1.25 bits per heavy atom. The zero-order valence-electron chi connectivity index (χ0n) is 10.3. The molecule has 2 aromatic rings. The van der Waals surface area contributed by atoms with Crippen LogP contribution in [0.25, 0.3) is 0 Å². The third-order valence-electron chi connectivity index (χ3n) is 3.10. The largest absolute Gasteiger partial charge is 0.397 e. The van der Waals surface area contributed by atoms with E-state index in [9.17, 15) is 4.79 Å². The number of benzene rings is 2. The van der Waals surface area contributed by atoms with Crippen LogP contribution in [0.1, 0.15) is 5.56 Å². The van der Waals surface area contributed by atoms with E-state index in [-0.39, 0.29) is 5.91 Å². The molecule has 102 valence electrons. The van der Waals surface area contributed by atoms with Gasteiger partial charge >= 0.3 is 0 Å². The van der Waals surface area contributed by atoms with Crippen molar-refractivity contribution >= 4 is 56.2 Å². The predicted octanol–water partition coefficient (Wildman–Crippen LogP) is 3.92. The van der Waals surface area contributed by atoms with Gasteiger partial charge in [-0.05, 0) is 51.8 Å². The second-order valence-electron chi connectivity index (χ2n) is 4.57. The summed E-state index contributed by atoms with van der Waals surface area (Å²) in [5.74, 6) is -0.0134. The standard InChI is InChI=1S/C14H11BrClN3O/c15-9-2-1-8(16)5-12(9)18-13-6-11-7(3-10(13)17)4-14(20)19-11/h1-3,5-6,18H,4,17H2,(H,19,20). The van der Waals surface area contributed by atoms with Gasteiger partial charge < -0.3 is 16.4 Å². The molecule has 0 fully saturated rings. The Bertz CT molecular complexity index is 718. The van der Waals surface area contributed by atoms with Crippen molar-refractivity contribution in [1.82, 2.24) is 0 Å². The lowest BCUT2D eigenvalue weighted by atomic mass is 10.1. The smallest absolute Gasteiger partial charge is 0.228 e. The van der Waals surface area contributed by atoms with Gasteiger partial charge in [0.25, 0.3) is 0 Å². The summed E-state index contributed by atoms with van der Waals surface area (Å²) in [6, 6.07) is 9.10. The van der Waals surface area contributed by atoms with Crippen LogP contribution in [0.4, 0.5) is 22.7 Å². The van der Waals surface area contributed by atoms with E-state index in [0.29, 0.717) is 17.1 Å². The van der Waals surface area contributed by atoms with Crippen molar-refractivity contribution in [3.8, 4) is 0 Å². The minimum atomic E-state index is -0.0134. The number of rotatable bonds is 2. The van der Waals surface area contributed by atoms with Gasteiger partial charge in [-0.2, -0.15) is 0 Å². The molecule has 0 saturated heterocycles. The summed E-state index contributed by atoms with van der Waals surface area (Å²) in [5, 5.41) is 6.65. The Kier molecular flexibility index (Phi) is 3.31. The molecule has 1 heterocycles. The molecule has 4 nitrogen and oxygen atoms in total. The number of carbonyl (C=O) groups excluding carboxylic acids is 1. The summed E-state index contributed by atoms with van der Waals surface area (Å²) < 4.78 is 0.880. The van der Waals surface area contributed by atoms with Gasteiger partial charge in [-0.25, -0.2) is 0 Å². The molecular weight excluding hydrogens is 342 g/mol. The molecule has 0 bridgehead atoms. The van der Waals surface area contributed by atoms with Crippen LogP contribution < -0.4 is 16.4 Å². The van der Waals surface area contributed by atoms with Crippen molar-refractivity contribution in [1.29, 1.82) is 0 Å². The molecule has 0 radical (unpaired) electrons. The minimum absolute atomic E-state index is 0.0134. The molecule has 1 aliphatic heterocycles. The van der Waals surface area contributed by atoms with Crippen LogP contribution in [0, 0.1) is 0 Å². The second-order valence-corrected chi connectivity index (χ2v) is 5.86. The number of anilines is 4. The van der Waals surface area contributed by atoms with Crippen molar-refractivity contribution in [2.75, 3.05) is 16.4 Å². The summed E-state index contributed by atoms with van der Waals surface area (Å²) in [6.45, 7) is 0. The number of hydrogen-bond acceptors (Lipinski definition) is 3. The first kappa shape index (κ1) is 13.3. The van der Waals surface area contributed by atoms with Gasteiger partial charge in [-0.1, -0.05) is 11.6 Å². The van der Waals surface area contributed by atoms with Gasteiger partial charge in [0, 0.05) is 15.2 Å². The summed E-state index contributed by atoms with van der Waals surface area (Å²) in [6.07, 6.45) is 0.376. The number of hydrogen-bond donors (Lipinski definition) is 3. The van der Waals surface area contributed by atoms with Crippen molar-refractivity contribution < 1.29 is 4.79 Å². The Morgan fingerprint density at radius 3 is 2.85 bits per heavy atom.